The molecular formula is C16H26N4O. The molecule has 2 saturated heterocycles. The molecule has 1 aromatic heterocycles. The highest BCUT2D eigenvalue weighted by Gasteiger charge is 2.37. The van der Waals surface area contributed by atoms with Crippen LogP contribution in [0.15, 0.2) is 12.4 Å². The Balaban J connectivity index is 1.58. The second kappa shape index (κ2) is 6.18. The minimum Gasteiger partial charge on any atom is -0.338 e. The number of carbonyl (C=O) groups excluding carboxylic acids is 1. The van der Waals surface area contributed by atoms with Crippen LogP contribution in [0.25, 0.3) is 0 Å². The number of nitrogens with zero attached hydrogens (tertiary/aromatic N) is 4. The van der Waals surface area contributed by atoms with E-state index in [9.17, 15) is 4.79 Å². The van der Waals surface area contributed by atoms with Gasteiger partial charge in [0.05, 0.1) is 6.20 Å². The van der Waals surface area contributed by atoms with E-state index in [4.69, 9.17) is 0 Å². The average molecular weight is 290 g/mol. The van der Waals surface area contributed by atoms with Crippen molar-refractivity contribution in [2.45, 2.75) is 50.6 Å². The van der Waals surface area contributed by atoms with Crippen molar-refractivity contribution in [3.63, 3.8) is 0 Å². The van der Waals surface area contributed by atoms with Gasteiger partial charge in [-0.25, -0.2) is 0 Å². The van der Waals surface area contributed by atoms with Gasteiger partial charge in [-0.3, -0.25) is 9.48 Å². The van der Waals surface area contributed by atoms with Crippen LogP contribution in [-0.4, -0.2) is 57.7 Å². The van der Waals surface area contributed by atoms with Gasteiger partial charge >= 0.3 is 0 Å². The van der Waals surface area contributed by atoms with Crippen LogP contribution in [0.1, 0.15) is 37.7 Å². The topological polar surface area (TPSA) is 41.4 Å². The lowest BCUT2D eigenvalue weighted by Crippen LogP contribution is -2.47. The van der Waals surface area contributed by atoms with Gasteiger partial charge in [0.15, 0.2) is 0 Å². The highest BCUT2D eigenvalue weighted by Crippen LogP contribution is 2.29. The predicted octanol–water partition coefficient (Wildman–Crippen LogP) is 1.44. The van der Waals surface area contributed by atoms with Gasteiger partial charge in [0, 0.05) is 38.3 Å². The maximum atomic E-state index is 12.6. The van der Waals surface area contributed by atoms with Crippen LogP contribution in [0.2, 0.25) is 0 Å². The first-order chi connectivity index (χ1) is 10.1. The summed E-state index contributed by atoms with van der Waals surface area (Å²) in [6, 6.07) is 1.02. The molecule has 2 aliphatic rings. The Morgan fingerprint density at radius 2 is 2.00 bits per heavy atom. The maximum absolute atomic E-state index is 12.6. The molecule has 0 N–H and O–H groups in total. The third kappa shape index (κ3) is 3.12. The number of aromatic nitrogens is 2. The smallest absolute Gasteiger partial charge is 0.223 e. The Labute approximate surface area is 126 Å². The summed E-state index contributed by atoms with van der Waals surface area (Å²) in [7, 11) is 4.12. The minimum absolute atomic E-state index is 0.321. The third-order valence-electron chi connectivity index (χ3n) is 5.03. The normalized spacial score (nSPS) is 26.7. The van der Waals surface area contributed by atoms with Gasteiger partial charge < -0.3 is 9.80 Å². The SMILES string of the molecule is CN1CCC[C@H]1[C@H]1CCCN1C(=O)CCc1cnn(C)c1. The molecule has 2 atom stereocenters. The second-order valence-electron chi connectivity index (χ2n) is 6.51. The van der Waals surface area contributed by atoms with Crippen molar-refractivity contribution in [1.82, 2.24) is 19.6 Å². The zero-order chi connectivity index (χ0) is 14.8. The van der Waals surface area contributed by atoms with Gasteiger partial charge in [0.2, 0.25) is 5.91 Å². The molecule has 3 rings (SSSR count). The monoisotopic (exact) mass is 290 g/mol. The predicted molar refractivity (Wildman–Crippen MR) is 81.9 cm³/mol. The Bertz CT molecular complexity index is 498. The highest BCUT2D eigenvalue weighted by molar-refractivity contribution is 5.77. The molecule has 2 aliphatic heterocycles. The third-order valence-corrected chi connectivity index (χ3v) is 5.03. The van der Waals surface area contributed by atoms with Crippen LogP contribution in [0.4, 0.5) is 0 Å². The number of likely N-dealkylation sites (N-methyl/N-ethyl adjacent to an activating group) is 1. The molecule has 21 heavy (non-hydrogen) atoms. The van der Waals surface area contributed by atoms with Gasteiger partial charge in [-0.05, 0) is 51.3 Å². The fraction of sp³-hybridized carbons (Fsp3) is 0.750. The molecule has 1 aromatic rings. The van der Waals surface area contributed by atoms with Crippen molar-refractivity contribution >= 4 is 5.91 Å². The molecule has 0 saturated carbocycles. The number of hydrogen-bond acceptors (Lipinski definition) is 3. The number of likely N-dealkylation sites (tertiary alicyclic amines) is 2. The number of rotatable bonds is 4. The Hall–Kier alpha value is -1.36. The molecule has 0 aromatic carbocycles. The number of aryl methyl sites for hydroxylation is 2. The molecule has 0 unspecified atom stereocenters. The number of carbonyl (C=O) groups is 1. The summed E-state index contributed by atoms with van der Waals surface area (Å²) in [5.41, 5.74) is 1.15. The molecule has 116 valence electrons. The summed E-state index contributed by atoms with van der Waals surface area (Å²) >= 11 is 0. The number of amides is 1. The highest BCUT2D eigenvalue weighted by atomic mass is 16.2. The van der Waals surface area contributed by atoms with E-state index in [0.29, 0.717) is 24.4 Å². The molecule has 3 heterocycles. The molecule has 5 heteroatoms. The fourth-order valence-corrected chi connectivity index (χ4v) is 3.92. The van der Waals surface area contributed by atoms with Gasteiger partial charge in [-0.15, -0.1) is 0 Å². The first-order valence-electron chi connectivity index (χ1n) is 8.12. The van der Waals surface area contributed by atoms with E-state index < -0.39 is 0 Å². The number of hydrogen-bond donors (Lipinski definition) is 0. The van der Waals surface area contributed by atoms with E-state index in [2.05, 4.69) is 21.9 Å². The van der Waals surface area contributed by atoms with Crippen LogP contribution in [0.3, 0.4) is 0 Å². The van der Waals surface area contributed by atoms with Crippen LogP contribution in [0, 0.1) is 0 Å². The summed E-state index contributed by atoms with van der Waals surface area (Å²) in [4.78, 5) is 17.2. The largest absolute Gasteiger partial charge is 0.338 e. The van der Waals surface area contributed by atoms with E-state index in [-0.39, 0.29) is 0 Å². The van der Waals surface area contributed by atoms with E-state index in [0.717, 1.165) is 24.9 Å². The van der Waals surface area contributed by atoms with Gasteiger partial charge in [0.25, 0.3) is 0 Å². The van der Waals surface area contributed by atoms with Crippen LogP contribution >= 0.6 is 0 Å². The molecule has 1 amide bonds. The Morgan fingerprint density at radius 3 is 2.67 bits per heavy atom. The van der Waals surface area contributed by atoms with Gasteiger partial charge in [-0.1, -0.05) is 0 Å². The lowest BCUT2D eigenvalue weighted by molar-refractivity contribution is -0.132. The maximum Gasteiger partial charge on any atom is 0.223 e. The van der Waals surface area contributed by atoms with Crippen LogP contribution in [-0.2, 0) is 18.3 Å². The standard InChI is InChI=1S/C16H26N4O/c1-18-9-3-5-14(18)15-6-4-10-20(15)16(21)8-7-13-11-17-19(2)12-13/h11-12,14-15H,3-10H2,1-2H3/t14-,15+/m0/s1. The van der Waals surface area contributed by atoms with Crippen molar-refractivity contribution in [2.75, 3.05) is 20.1 Å². The van der Waals surface area contributed by atoms with Gasteiger partial charge in [-0.2, -0.15) is 5.10 Å². The molecule has 0 aliphatic carbocycles. The first kappa shape index (κ1) is 14.6. The Morgan fingerprint density at radius 1 is 1.24 bits per heavy atom. The summed E-state index contributed by atoms with van der Waals surface area (Å²) in [5, 5.41) is 4.17. The summed E-state index contributed by atoms with van der Waals surface area (Å²) < 4.78 is 1.80. The van der Waals surface area contributed by atoms with Crippen LogP contribution < -0.4 is 0 Å². The van der Waals surface area contributed by atoms with Gasteiger partial charge in [0.1, 0.15) is 0 Å². The quantitative estimate of drug-likeness (QED) is 0.842. The minimum atomic E-state index is 0.321. The first-order valence-corrected chi connectivity index (χ1v) is 8.12. The molecule has 0 radical (unpaired) electrons. The molecule has 2 fully saturated rings. The average Bonchev–Trinajstić information content (AvgIpc) is 3.16. The molecular weight excluding hydrogens is 264 g/mol. The zero-order valence-corrected chi connectivity index (χ0v) is 13.2. The van der Waals surface area contributed by atoms with Crippen molar-refractivity contribution < 1.29 is 4.79 Å². The summed E-state index contributed by atoms with van der Waals surface area (Å²) in [6.07, 6.45) is 10.1. The molecule has 0 bridgehead atoms. The van der Waals surface area contributed by atoms with Crippen molar-refractivity contribution in [3.8, 4) is 0 Å². The van der Waals surface area contributed by atoms with E-state index in [1.165, 1.54) is 25.8 Å². The van der Waals surface area contributed by atoms with E-state index in [1.54, 1.807) is 4.68 Å². The summed E-state index contributed by atoms with van der Waals surface area (Å²) in [5.74, 6) is 0.321. The Kier molecular flexibility index (Phi) is 4.29. The lowest BCUT2D eigenvalue weighted by atomic mass is 10.0. The van der Waals surface area contributed by atoms with Crippen molar-refractivity contribution in [2.24, 2.45) is 7.05 Å². The zero-order valence-electron chi connectivity index (χ0n) is 13.2. The second-order valence-corrected chi connectivity index (χ2v) is 6.51. The van der Waals surface area contributed by atoms with Crippen molar-refractivity contribution in [3.05, 3.63) is 18.0 Å². The molecule has 0 spiro atoms. The van der Waals surface area contributed by atoms with Crippen LogP contribution in [0.5, 0.6) is 0 Å². The molecule has 5 nitrogen and oxygen atoms in total. The fourth-order valence-electron chi connectivity index (χ4n) is 3.92. The van der Waals surface area contributed by atoms with Crippen molar-refractivity contribution in [1.29, 1.82) is 0 Å². The van der Waals surface area contributed by atoms with E-state index >= 15 is 0 Å². The van der Waals surface area contributed by atoms with E-state index in [1.807, 2.05) is 19.4 Å². The lowest BCUT2D eigenvalue weighted by Gasteiger charge is -2.33. The summed E-state index contributed by atoms with van der Waals surface area (Å²) in [6.45, 7) is 2.12.